The van der Waals surface area contributed by atoms with Crippen molar-refractivity contribution < 1.29 is 0 Å². The van der Waals surface area contributed by atoms with Crippen LogP contribution < -0.4 is 0 Å². The predicted molar refractivity (Wildman–Crippen MR) is 177 cm³/mol. The van der Waals surface area contributed by atoms with Gasteiger partial charge in [-0.2, -0.15) is 0 Å². The van der Waals surface area contributed by atoms with Crippen molar-refractivity contribution in [2.75, 3.05) is 0 Å². The Hall–Kier alpha value is -4.33. The van der Waals surface area contributed by atoms with Crippen molar-refractivity contribution in [1.29, 1.82) is 0 Å². The maximum Gasteiger partial charge on any atom is 0.175 e. The molecule has 0 aromatic heterocycles. The SMILES string of the molecule is Cc1ccc(-c2ccc([S+](c3ccccc3)c3ccc(C)cc3)c(-c3ccc(C)cc3)c2-c2ccc(C)cc2)cc1. The van der Waals surface area contributed by atoms with E-state index in [-0.39, 0.29) is 10.9 Å². The van der Waals surface area contributed by atoms with Gasteiger partial charge in [-0.15, -0.1) is 0 Å². The highest BCUT2D eigenvalue weighted by Gasteiger charge is 2.34. The van der Waals surface area contributed by atoms with Crippen LogP contribution in [0.1, 0.15) is 22.3 Å². The van der Waals surface area contributed by atoms with Crippen LogP contribution in [0.5, 0.6) is 0 Å². The van der Waals surface area contributed by atoms with Crippen LogP contribution in [0.2, 0.25) is 0 Å². The summed E-state index contributed by atoms with van der Waals surface area (Å²) in [5.41, 5.74) is 12.7. The van der Waals surface area contributed by atoms with Gasteiger partial charge in [0.15, 0.2) is 14.7 Å². The molecule has 6 rings (SSSR count). The van der Waals surface area contributed by atoms with E-state index < -0.39 is 0 Å². The average molecular weight is 548 g/mol. The summed E-state index contributed by atoms with van der Waals surface area (Å²) >= 11 is 0. The van der Waals surface area contributed by atoms with Gasteiger partial charge in [0.25, 0.3) is 0 Å². The molecule has 0 saturated heterocycles. The summed E-state index contributed by atoms with van der Waals surface area (Å²) in [6.07, 6.45) is 0. The van der Waals surface area contributed by atoms with Gasteiger partial charge in [-0.25, -0.2) is 0 Å². The summed E-state index contributed by atoms with van der Waals surface area (Å²) in [4.78, 5) is 3.99. The molecular formula is C40H35S+. The standard InChI is InChI=1S/C40H35S/c1-28-10-18-32(19-11-28)37-26-27-38(41(35-8-6-5-7-9-35)36-24-16-31(4)17-25-36)40(34-22-14-30(3)15-23-34)39(37)33-20-12-29(2)13-21-33/h5-27H,1-4H3/q+1. The zero-order valence-electron chi connectivity index (χ0n) is 24.2. The van der Waals surface area contributed by atoms with Crippen molar-refractivity contribution in [3.8, 4) is 33.4 Å². The van der Waals surface area contributed by atoms with Gasteiger partial charge in [-0.1, -0.05) is 125 Å². The molecule has 6 aromatic carbocycles. The fourth-order valence-electron chi connectivity index (χ4n) is 5.38. The molecule has 200 valence electrons. The quantitative estimate of drug-likeness (QED) is 0.182. The Balaban J connectivity index is 1.73. The number of aryl methyl sites for hydroxylation is 4. The Morgan fingerprint density at radius 3 is 1.27 bits per heavy atom. The molecule has 1 heteroatoms. The van der Waals surface area contributed by atoms with E-state index in [1.807, 2.05) is 0 Å². The highest BCUT2D eigenvalue weighted by Crippen LogP contribution is 2.47. The van der Waals surface area contributed by atoms with Crippen molar-refractivity contribution in [2.45, 2.75) is 42.4 Å². The van der Waals surface area contributed by atoms with Gasteiger partial charge in [0.05, 0.1) is 10.9 Å². The normalized spacial score (nSPS) is 11.8. The highest BCUT2D eigenvalue weighted by molar-refractivity contribution is 7.97. The smallest absolute Gasteiger partial charge is 0.0619 e. The maximum absolute atomic E-state index is 2.39. The second kappa shape index (κ2) is 11.6. The summed E-state index contributed by atoms with van der Waals surface area (Å²) in [5.74, 6) is 0. The molecule has 6 aromatic rings. The minimum absolute atomic E-state index is 0.297. The Bertz CT molecular complexity index is 1760. The Morgan fingerprint density at radius 2 is 0.756 bits per heavy atom. The number of benzene rings is 6. The molecule has 0 aliphatic heterocycles. The molecule has 0 saturated carbocycles. The van der Waals surface area contributed by atoms with Crippen molar-refractivity contribution in [1.82, 2.24) is 0 Å². The molecule has 41 heavy (non-hydrogen) atoms. The van der Waals surface area contributed by atoms with Crippen molar-refractivity contribution in [3.05, 3.63) is 162 Å². The zero-order chi connectivity index (χ0) is 28.3. The molecule has 0 heterocycles. The molecule has 0 spiro atoms. The van der Waals surface area contributed by atoms with Crippen molar-refractivity contribution in [3.63, 3.8) is 0 Å². The molecule has 0 amide bonds. The van der Waals surface area contributed by atoms with Gasteiger partial charge >= 0.3 is 0 Å². The molecule has 0 radical (unpaired) electrons. The fraction of sp³-hybridized carbons (Fsp3) is 0.100. The van der Waals surface area contributed by atoms with Crippen molar-refractivity contribution in [2.24, 2.45) is 0 Å². The molecule has 1 unspecified atom stereocenters. The van der Waals surface area contributed by atoms with Crippen LogP contribution in [-0.4, -0.2) is 0 Å². The summed E-state index contributed by atoms with van der Waals surface area (Å²) in [5, 5.41) is 0. The van der Waals surface area contributed by atoms with E-state index >= 15 is 0 Å². The third kappa shape index (κ3) is 5.64. The second-order valence-electron chi connectivity index (χ2n) is 10.9. The Morgan fingerprint density at radius 1 is 0.341 bits per heavy atom. The number of rotatable bonds is 6. The van der Waals surface area contributed by atoms with E-state index in [1.165, 1.54) is 70.3 Å². The monoisotopic (exact) mass is 547 g/mol. The van der Waals surface area contributed by atoms with E-state index in [1.54, 1.807) is 0 Å². The van der Waals surface area contributed by atoms with Crippen LogP contribution >= 0.6 is 0 Å². The average Bonchev–Trinajstić information content (AvgIpc) is 3.00. The predicted octanol–water partition coefficient (Wildman–Crippen LogP) is 11.0. The highest BCUT2D eigenvalue weighted by atomic mass is 32.2. The third-order valence-electron chi connectivity index (χ3n) is 7.67. The maximum atomic E-state index is 2.39. The zero-order valence-corrected chi connectivity index (χ0v) is 25.0. The lowest BCUT2D eigenvalue weighted by molar-refractivity contribution is 1.30. The Kier molecular flexibility index (Phi) is 7.63. The molecule has 0 fully saturated rings. The summed E-state index contributed by atoms with van der Waals surface area (Å²) in [6, 6.07) is 51.9. The van der Waals surface area contributed by atoms with E-state index in [2.05, 4.69) is 167 Å². The largest absolute Gasteiger partial charge is 0.175 e. The number of hydrogen-bond donors (Lipinski definition) is 0. The van der Waals surface area contributed by atoms with Crippen LogP contribution in [-0.2, 0) is 10.9 Å². The number of hydrogen-bond acceptors (Lipinski definition) is 0. The topological polar surface area (TPSA) is 0 Å². The first-order chi connectivity index (χ1) is 20.0. The Labute approximate surface area is 247 Å². The van der Waals surface area contributed by atoms with Gasteiger partial charge in [0, 0.05) is 11.1 Å². The van der Waals surface area contributed by atoms with Crippen LogP contribution in [0.3, 0.4) is 0 Å². The van der Waals surface area contributed by atoms with Crippen LogP contribution in [0.4, 0.5) is 0 Å². The third-order valence-corrected chi connectivity index (χ3v) is 9.93. The first-order valence-electron chi connectivity index (χ1n) is 14.2. The van der Waals surface area contributed by atoms with Crippen LogP contribution in [0, 0.1) is 27.7 Å². The second-order valence-corrected chi connectivity index (χ2v) is 12.9. The summed E-state index contributed by atoms with van der Waals surface area (Å²) in [7, 11) is -0.297. The minimum Gasteiger partial charge on any atom is -0.0619 e. The summed E-state index contributed by atoms with van der Waals surface area (Å²) in [6.45, 7) is 8.63. The molecule has 0 aliphatic carbocycles. The van der Waals surface area contributed by atoms with E-state index in [4.69, 9.17) is 0 Å². The lowest BCUT2D eigenvalue weighted by Gasteiger charge is -2.20. The van der Waals surface area contributed by atoms with Gasteiger partial charge in [0.1, 0.15) is 0 Å². The van der Waals surface area contributed by atoms with Crippen LogP contribution in [0.25, 0.3) is 33.4 Å². The van der Waals surface area contributed by atoms with Crippen LogP contribution in [0.15, 0.2) is 154 Å². The minimum atomic E-state index is -0.297. The van der Waals surface area contributed by atoms with E-state index in [0.717, 1.165) is 0 Å². The van der Waals surface area contributed by atoms with E-state index in [9.17, 15) is 0 Å². The molecule has 0 N–H and O–H groups in total. The van der Waals surface area contributed by atoms with Gasteiger partial charge in [0.2, 0.25) is 0 Å². The van der Waals surface area contributed by atoms with Gasteiger partial charge in [-0.3, -0.25) is 0 Å². The lowest BCUT2D eigenvalue weighted by atomic mass is 9.87. The first kappa shape index (κ1) is 26.9. The molecule has 0 bridgehead atoms. The molecule has 0 aliphatic rings. The summed E-state index contributed by atoms with van der Waals surface area (Å²) < 4.78 is 0. The lowest BCUT2D eigenvalue weighted by Crippen LogP contribution is -2.08. The molecular weight excluding hydrogens is 513 g/mol. The van der Waals surface area contributed by atoms with Crippen molar-refractivity contribution >= 4 is 10.9 Å². The first-order valence-corrected chi connectivity index (χ1v) is 15.4. The van der Waals surface area contributed by atoms with Gasteiger partial charge in [-0.05, 0) is 86.3 Å². The fourth-order valence-corrected chi connectivity index (χ4v) is 7.62. The molecule has 0 nitrogen and oxygen atoms in total. The molecule has 1 atom stereocenters. The van der Waals surface area contributed by atoms with Gasteiger partial charge < -0.3 is 0 Å². The van der Waals surface area contributed by atoms with E-state index in [0.29, 0.717) is 0 Å².